The average molecular weight is 292 g/mol. The fraction of sp³-hybridized carbons (Fsp3) is 0.111. The highest BCUT2D eigenvalue weighted by molar-refractivity contribution is 5.74. The third-order valence-corrected chi connectivity index (χ3v) is 3.63. The summed E-state index contributed by atoms with van der Waals surface area (Å²) >= 11 is 0. The molecular weight excluding hydrogens is 272 g/mol. The molecule has 0 saturated carbocycles. The van der Waals surface area contributed by atoms with E-state index in [1.807, 2.05) is 30.5 Å². The molecule has 0 amide bonds. The van der Waals surface area contributed by atoms with Crippen molar-refractivity contribution in [3.63, 3.8) is 0 Å². The Kier molecular flexibility index (Phi) is 4.34. The number of hydrogen-bond acceptors (Lipinski definition) is 4. The van der Waals surface area contributed by atoms with Crippen LogP contribution in [-0.2, 0) is 0 Å². The molecule has 0 saturated heterocycles. The number of hydrogen-bond donors (Lipinski definition) is 4. The highest BCUT2D eigenvalue weighted by Gasteiger charge is 2.17. The molecule has 4 heteroatoms. The maximum absolute atomic E-state index is 5.64. The Morgan fingerprint density at radius 1 is 0.864 bits per heavy atom. The molecule has 0 spiro atoms. The SMILES string of the molecule is NC(N)NC1NC=CC=C1c1ccc(-c2ccccc2)cc1. The van der Waals surface area contributed by atoms with Crippen LogP contribution in [-0.4, -0.2) is 12.5 Å². The Morgan fingerprint density at radius 2 is 1.50 bits per heavy atom. The van der Waals surface area contributed by atoms with E-state index in [-0.39, 0.29) is 6.17 Å². The molecule has 0 fully saturated rings. The lowest BCUT2D eigenvalue weighted by atomic mass is 9.97. The maximum Gasteiger partial charge on any atom is 0.108 e. The second-order valence-electron chi connectivity index (χ2n) is 5.22. The van der Waals surface area contributed by atoms with Crippen molar-refractivity contribution in [2.24, 2.45) is 11.5 Å². The van der Waals surface area contributed by atoms with Gasteiger partial charge in [-0.15, -0.1) is 0 Å². The fourth-order valence-corrected chi connectivity index (χ4v) is 2.57. The molecular formula is C18H20N4. The van der Waals surface area contributed by atoms with Gasteiger partial charge in [0.25, 0.3) is 0 Å². The summed E-state index contributed by atoms with van der Waals surface area (Å²) in [5.74, 6) is 0. The van der Waals surface area contributed by atoms with Crippen LogP contribution in [0.2, 0.25) is 0 Å². The lowest BCUT2D eigenvalue weighted by Gasteiger charge is -2.26. The summed E-state index contributed by atoms with van der Waals surface area (Å²) in [7, 11) is 0. The van der Waals surface area contributed by atoms with E-state index in [4.69, 9.17) is 11.5 Å². The smallest absolute Gasteiger partial charge is 0.108 e. The number of dihydropyridines is 1. The minimum atomic E-state index is -0.573. The van der Waals surface area contributed by atoms with Crippen LogP contribution in [0, 0.1) is 0 Å². The molecule has 2 aromatic carbocycles. The molecule has 0 bridgehead atoms. The number of benzene rings is 2. The van der Waals surface area contributed by atoms with Crippen LogP contribution in [0.25, 0.3) is 16.7 Å². The number of rotatable bonds is 4. The molecule has 0 aromatic heterocycles. The van der Waals surface area contributed by atoms with Gasteiger partial charge in [0.15, 0.2) is 0 Å². The molecule has 3 rings (SSSR count). The minimum Gasteiger partial charge on any atom is -0.372 e. The molecule has 22 heavy (non-hydrogen) atoms. The van der Waals surface area contributed by atoms with Crippen LogP contribution in [0.5, 0.6) is 0 Å². The zero-order valence-electron chi connectivity index (χ0n) is 12.2. The molecule has 0 aliphatic carbocycles. The molecule has 0 radical (unpaired) electrons. The molecule has 1 aliphatic heterocycles. The van der Waals surface area contributed by atoms with Gasteiger partial charge in [0, 0.05) is 0 Å². The Hall–Kier alpha value is -2.40. The van der Waals surface area contributed by atoms with Crippen LogP contribution in [0.4, 0.5) is 0 Å². The van der Waals surface area contributed by atoms with Crippen LogP contribution in [0.1, 0.15) is 5.56 Å². The zero-order valence-corrected chi connectivity index (χ0v) is 12.2. The predicted molar refractivity (Wildman–Crippen MR) is 91.2 cm³/mol. The largest absolute Gasteiger partial charge is 0.372 e. The monoisotopic (exact) mass is 292 g/mol. The summed E-state index contributed by atoms with van der Waals surface area (Å²) in [5.41, 5.74) is 15.9. The van der Waals surface area contributed by atoms with Gasteiger partial charge in [0.1, 0.15) is 12.5 Å². The van der Waals surface area contributed by atoms with Crippen molar-refractivity contribution in [3.05, 3.63) is 78.5 Å². The van der Waals surface area contributed by atoms with Crippen molar-refractivity contribution in [3.8, 4) is 11.1 Å². The Balaban J connectivity index is 1.85. The highest BCUT2D eigenvalue weighted by Crippen LogP contribution is 2.24. The van der Waals surface area contributed by atoms with E-state index in [1.54, 1.807) is 0 Å². The zero-order chi connectivity index (χ0) is 15.4. The lowest BCUT2D eigenvalue weighted by molar-refractivity contribution is 0.471. The van der Waals surface area contributed by atoms with Crippen LogP contribution >= 0.6 is 0 Å². The first kappa shape index (κ1) is 14.5. The van der Waals surface area contributed by atoms with Crippen LogP contribution < -0.4 is 22.1 Å². The summed E-state index contributed by atoms with van der Waals surface area (Å²) in [5, 5.41) is 6.33. The van der Waals surface area contributed by atoms with Gasteiger partial charge in [-0.3, -0.25) is 5.32 Å². The van der Waals surface area contributed by atoms with Gasteiger partial charge in [-0.1, -0.05) is 60.7 Å². The Morgan fingerprint density at radius 3 is 2.18 bits per heavy atom. The van der Waals surface area contributed by atoms with E-state index in [2.05, 4.69) is 53.1 Å². The quantitative estimate of drug-likeness (QED) is 0.650. The van der Waals surface area contributed by atoms with Crippen molar-refractivity contribution in [1.29, 1.82) is 0 Å². The van der Waals surface area contributed by atoms with Crippen molar-refractivity contribution in [2.75, 3.05) is 0 Å². The summed E-state index contributed by atoms with van der Waals surface area (Å²) in [6, 6.07) is 18.8. The van der Waals surface area contributed by atoms with Gasteiger partial charge in [0.05, 0.1) is 0 Å². The third kappa shape index (κ3) is 3.26. The normalized spacial score (nSPS) is 17.2. The minimum absolute atomic E-state index is 0.0902. The first-order chi connectivity index (χ1) is 10.7. The van der Waals surface area contributed by atoms with Crippen molar-refractivity contribution < 1.29 is 0 Å². The molecule has 112 valence electrons. The van der Waals surface area contributed by atoms with Crippen molar-refractivity contribution in [1.82, 2.24) is 10.6 Å². The fourth-order valence-electron chi connectivity index (χ4n) is 2.57. The van der Waals surface area contributed by atoms with Gasteiger partial charge in [-0.2, -0.15) is 0 Å². The number of allylic oxidation sites excluding steroid dienone is 2. The second kappa shape index (κ2) is 6.58. The van der Waals surface area contributed by atoms with Crippen LogP contribution in [0.15, 0.2) is 72.9 Å². The summed E-state index contributed by atoms with van der Waals surface area (Å²) in [6.07, 6.45) is 5.25. The molecule has 6 N–H and O–H groups in total. The third-order valence-electron chi connectivity index (χ3n) is 3.63. The molecule has 1 unspecified atom stereocenters. The Bertz CT molecular complexity index is 672. The summed E-state index contributed by atoms with van der Waals surface area (Å²) < 4.78 is 0. The second-order valence-corrected chi connectivity index (χ2v) is 5.22. The van der Waals surface area contributed by atoms with Crippen molar-refractivity contribution >= 4 is 5.57 Å². The molecule has 2 aromatic rings. The van der Waals surface area contributed by atoms with E-state index >= 15 is 0 Å². The van der Waals surface area contributed by atoms with E-state index in [9.17, 15) is 0 Å². The van der Waals surface area contributed by atoms with Gasteiger partial charge in [0.2, 0.25) is 0 Å². The van der Waals surface area contributed by atoms with Gasteiger partial charge >= 0.3 is 0 Å². The average Bonchev–Trinajstić information content (AvgIpc) is 2.56. The molecule has 4 nitrogen and oxygen atoms in total. The maximum atomic E-state index is 5.64. The molecule has 1 heterocycles. The van der Waals surface area contributed by atoms with E-state index < -0.39 is 6.29 Å². The van der Waals surface area contributed by atoms with Crippen molar-refractivity contribution in [2.45, 2.75) is 12.5 Å². The van der Waals surface area contributed by atoms with E-state index in [0.717, 1.165) is 11.1 Å². The lowest BCUT2D eigenvalue weighted by Crippen LogP contribution is -2.55. The molecule has 1 aliphatic rings. The van der Waals surface area contributed by atoms with E-state index in [1.165, 1.54) is 11.1 Å². The Labute approximate surface area is 130 Å². The first-order valence-corrected chi connectivity index (χ1v) is 7.30. The van der Waals surface area contributed by atoms with Crippen LogP contribution in [0.3, 0.4) is 0 Å². The summed E-state index contributed by atoms with van der Waals surface area (Å²) in [4.78, 5) is 0. The summed E-state index contributed by atoms with van der Waals surface area (Å²) in [6.45, 7) is 0. The van der Waals surface area contributed by atoms with Gasteiger partial charge < -0.3 is 16.8 Å². The standard InChI is InChI=1S/C18H20N4/c19-18(20)22-17-16(7-4-12-21-17)15-10-8-14(9-11-15)13-5-2-1-3-6-13/h1-12,17-18,21-22H,19-20H2. The number of nitrogens with two attached hydrogens (primary N) is 2. The first-order valence-electron chi connectivity index (χ1n) is 7.30. The van der Waals surface area contributed by atoms with E-state index in [0.29, 0.717) is 0 Å². The predicted octanol–water partition coefficient (Wildman–Crippen LogP) is 1.97. The molecule has 1 atom stereocenters. The highest BCUT2D eigenvalue weighted by atomic mass is 15.2. The van der Waals surface area contributed by atoms with Gasteiger partial charge in [-0.25, -0.2) is 0 Å². The number of nitrogens with one attached hydrogen (secondary N) is 2. The topological polar surface area (TPSA) is 76.1 Å². The van der Waals surface area contributed by atoms with Gasteiger partial charge in [-0.05, 0) is 34.5 Å².